The summed E-state index contributed by atoms with van der Waals surface area (Å²) in [7, 11) is 0. The lowest BCUT2D eigenvalue weighted by molar-refractivity contribution is -0.142. The molecule has 5 heterocycles. The van der Waals surface area contributed by atoms with Gasteiger partial charge in [0.2, 0.25) is 0 Å². The predicted octanol–water partition coefficient (Wildman–Crippen LogP) is 4.71. The van der Waals surface area contributed by atoms with Crippen molar-refractivity contribution in [3.05, 3.63) is 77.0 Å². The maximum Gasteiger partial charge on any atom is 0.435 e. The molecule has 10 nitrogen and oxygen atoms in total. The summed E-state index contributed by atoms with van der Waals surface area (Å²) >= 11 is 0. The third-order valence-electron chi connectivity index (χ3n) is 6.73. The van der Waals surface area contributed by atoms with Crippen LogP contribution in [0.1, 0.15) is 46.3 Å². The summed E-state index contributed by atoms with van der Waals surface area (Å²) in [6.07, 6.45) is -2.08. The summed E-state index contributed by atoms with van der Waals surface area (Å²) in [5, 5.41) is 18.3. The second kappa shape index (κ2) is 9.83. The molecule has 0 atom stereocenters. The zero-order valence-corrected chi connectivity index (χ0v) is 21.6. The highest BCUT2D eigenvalue weighted by Gasteiger charge is 2.40. The normalized spacial score (nSPS) is 13.7. The molecule has 1 aliphatic rings. The van der Waals surface area contributed by atoms with E-state index in [1.165, 1.54) is 11.6 Å². The molecule has 2 N–H and O–H groups in total. The summed E-state index contributed by atoms with van der Waals surface area (Å²) in [5.41, 5.74) is 2.62. The third kappa shape index (κ3) is 4.68. The Balaban J connectivity index is 1.44. The van der Waals surface area contributed by atoms with Crippen LogP contribution in [0.4, 0.5) is 24.7 Å². The number of aromatic nitrogens is 7. The van der Waals surface area contributed by atoms with E-state index < -0.39 is 11.9 Å². The van der Waals surface area contributed by atoms with Crippen molar-refractivity contribution in [1.29, 1.82) is 0 Å². The lowest BCUT2D eigenvalue weighted by Crippen LogP contribution is -2.16. The molecule has 0 saturated carbocycles. The van der Waals surface area contributed by atoms with Gasteiger partial charge in [0, 0.05) is 17.8 Å². The first-order valence-electron chi connectivity index (χ1n) is 12.6. The summed E-state index contributed by atoms with van der Waals surface area (Å²) in [6, 6.07) is 12.4. The molecule has 0 fully saturated rings. The van der Waals surface area contributed by atoms with E-state index >= 15 is 0 Å². The van der Waals surface area contributed by atoms with Crippen molar-refractivity contribution >= 4 is 28.3 Å². The molecule has 204 valence electrons. The zero-order chi connectivity index (χ0) is 28.0. The molecule has 0 spiro atoms. The molecule has 13 heteroatoms. The number of hydrogen-bond donors (Lipinski definition) is 2. The second-order valence-electron chi connectivity index (χ2n) is 9.56. The lowest BCUT2D eigenvalue weighted by Gasteiger charge is -2.13. The van der Waals surface area contributed by atoms with E-state index in [0.717, 1.165) is 11.4 Å². The van der Waals surface area contributed by atoms with Crippen molar-refractivity contribution in [2.75, 3.05) is 11.9 Å². The summed E-state index contributed by atoms with van der Waals surface area (Å²) in [4.78, 5) is 21.7. The van der Waals surface area contributed by atoms with Gasteiger partial charge in [-0.3, -0.25) is 9.36 Å². The number of aryl methyl sites for hydroxylation is 1. The van der Waals surface area contributed by atoms with Crippen molar-refractivity contribution in [1.82, 2.24) is 39.8 Å². The summed E-state index contributed by atoms with van der Waals surface area (Å²) in [6.45, 7) is 3.82. The number of imidazole rings is 1. The Hall–Kier alpha value is -4.65. The van der Waals surface area contributed by atoms with Gasteiger partial charge < -0.3 is 10.6 Å². The van der Waals surface area contributed by atoms with Crippen molar-refractivity contribution in [3.8, 4) is 11.6 Å². The van der Waals surface area contributed by atoms with Crippen LogP contribution in [-0.4, -0.2) is 46.8 Å². The van der Waals surface area contributed by atoms with E-state index in [9.17, 15) is 18.0 Å². The van der Waals surface area contributed by atoms with Crippen LogP contribution in [0.2, 0.25) is 0 Å². The maximum absolute atomic E-state index is 13.9. The molecule has 0 unspecified atom stereocenters. The van der Waals surface area contributed by atoms with Crippen LogP contribution in [0.5, 0.6) is 0 Å². The molecule has 4 aromatic heterocycles. The number of alkyl halides is 3. The van der Waals surface area contributed by atoms with Crippen LogP contribution in [0.3, 0.4) is 0 Å². The second-order valence-corrected chi connectivity index (χ2v) is 9.56. The standard InChI is InChI=1S/C27H24F3N9O/c1-15-5-9-23(36-35-15)33-17-6-8-22-20(12-17)32-14-38(22)24-10-7-18(16(2)40)26(34-24)39-21-4-3-11-31-13-19(21)25(37-39)27(28,29)30/h5-10,12,14,31H,3-4,11,13H2,1-2H3,(H,33,36). The number of Topliss-reactive ketones (excluding diaryl/α,β-unsaturated/α-hetero) is 1. The number of nitrogens with one attached hydrogen (secondary N) is 2. The number of anilines is 2. The van der Waals surface area contributed by atoms with E-state index in [-0.39, 0.29) is 29.3 Å². The Morgan fingerprint density at radius 1 is 1.10 bits per heavy atom. The minimum Gasteiger partial charge on any atom is -0.339 e. The fraction of sp³-hybridized carbons (Fsp3) is 0.259. The van der Waals surface area contributed by atoms with Gasteiger partial charge in [-0.25, -0.2) is 14.6 Å². The molecule has 0 amide bonds. The fourth-order valence-corrected chi connectivity index (χ4v) is 4.82. The number of halogens is 3. The maximum atomic E-state index is 13.9. The van der Waals surface area contributed by atoms with Gasteiger partial charge in [-0.1, -0.05) is 0 Å². The predicted molar refractivity (Wildman–Crippen MR) is 141 cm³/mol. The SMILES string of the molecule is CC(=O)c1ccc(-n2cnc3cc(Nc4ccc(C)nn4)ccc32)nc1-n1nc(C(F)(F)F)c2c1CCCNC2. The number of rotatable bonds is 5. The molecular formula is C27H24F3N9O. The van der Waals surface area contributed by atoms with E-state index in [0.29, 0.717) is 47.7 Å². The molecule has 0 saturated heterocycles. The molecule has 5 aromatic rings. The van der Waals surface area contributed by atoms with E-state index in [2.05, 4.69) is 35.9 Å². The molecule has 0 bridgehead atoms. The topological polar surface area (TPSA) is 115 Å². The van der Waals surface area contributed by atoms with Crippen LogP contribution in [0.25, 0.3) is 22.7 Å². The first-order valence-corrected chi connectivity index (χ1v) is 12.6. The Kier molecular flexibility index (Phi) is 6.29. The molecular weight excluding hydrogens is 523 g/mol. The average Bonchev–Trinajstić information content (AvgIpc) is 3.43. The highest BCUT2D eigenvalue weighted by Crippen LogP contribution is 2.35. The van der Waals surface area contributed by atoms with Gasteiger partial charge >= 0.3 is 6.18 Å². The van der Waals surface area contributed by atoms with E-state index in [1.54, 1.807) is 23.0 Å². The Morgan fingerprint density at radius 3 is 2.70 bits per heavy atom. The van der Waals surface area contributed by atoms with Gasteiger partial charge in [-0.15, -0.1) is 5.10 Å². The van der Waals surface area contributed by atoms with Crippen molar-refractivity contribution in [2.24, 2.45) is 0 Å². The highest BCUT2D eigenvalue weighted by atomic mass is 19.4. The lowest BCUT2D eigenvalue weighted by atomic mass is 10.1. The summed E-state index contributed by atoms with van der Waals surface area (Å²) in [5.74, 6) is 0.695. The van der Waals surface area contributed by atoms with Gasteiger partial charge in [0.05, 0.1) is 28.0 Å². The van der Waals surface area contributed by atoms with Crippen LogP contribution in [0, 0.1) is 6.92 Å². The van der Waals surface area contributed by atoms with Gasteiger partial charge in [0.1, 0.15) is 12.1 Å². The van der Waals surface area contributed by atoms with Gasteiger partial charge in [0.15, 0.2) is 23.1 Å². The molecule has 1 aromatic carbocycles. The smallest absolute Gasteiger partial charge is 0.339 e. The van der Waals surface area contributed by atoms with Crippen LogP contribution < -0.4 is 10.6 Å². The van der Waals surface area contributed by atoms with Crippen molar-refractivity contribution in [3.63, 3.8) is 0 Å². The number of fused-ring (bicyclic) bond motifs is 2. The molecule has 0 aliphatic carbocycles. The van der Waals surface area contributed by atoms with E-state index in [4.69, 9.17) is 0 Å². The number of carbonyl (C=O) groups excluding carboxylic acids is 1. The molecule has 0 radical (unpaired) electrons. The molecule has 6 rings (SSSR count). The molecule has 1 aliphatic heterocycles. The first kappa shape index (κ1) is 25.6. The third-order valence-corrected chi connectivity index (χ3v) is 6.73. The van der Waals surface area contributed by atoms with Crippen LogP contribution in [-0.2, 0) is 19.1 Å². The van der Waals surface area contributed by atoms with Gasteiger partial charge in [-0.2, -0.15) is 23.4 Å². The first-order chi connectivity index (χ1) is 19.2. The monoisotopic (exact) mass is 547 g/mol. The minimum atomic E-state index is -4.65. The number of nitrogens with zero attached hydrogens (tertiary/aromatic N) is 7. The minimum absolute atomic E-state index is 0.0377. The fourth-order valence-electron chi connectivity index (χ4n) is 4.82. The highest BCUT2D eigenvalue weighted by molar-refractivity contribution is 5.97. The van der Waals surface area contributed by atoms with Crippen molar-refractivity contribution < 1.29 is 18.0 Å². The summed E-state index contributed by atoms with van der Waals surface area (Å²) < 4.78 is 44.7. The largest absolute Gasteiger partial charge is 0.435 e. The zero-order valence-electron chi connectivity index (χ0n) is 21.6. The number of hydrogen-bond acceptors (Lipinski definition) is 8. The number of pyridine rings is 1. The van der Waals surface area contributed by atoms with Crippen LogP contribution >= 0.6 is 0 Å². The Labute approximate surface area is 226 Å². The number of ketones is 1. The Bertz CT molecular complexity index is 1740. The average molecular weight is 548 g/mol. The van der Waals surface area contributed by atoms with Crippen LogP contribution in [0.15, 0.2) is 48.8 Å². The van der Waals surface area contributed by atoms with Gasteiger partial charge in [-0.05, 0) is 75.7 Å². The van der Waals surface area contributed by atoms with E-state index in [1.807, 2.05) is 37.3 Å². The van der Waals surface area contributed by atoms with Gasteiger partial charge in [0.25, 0.3) is 0 Å². The quantitative estimate of drug-likeness (QED) is 0.304. The number of benzene rings is 1. The molecule has 40 heavy (non-hydrogen) atoms. The Morgan fingerprint density at radius 2 is 1.95 bits per heavy atom. The van der Waals surface area contributed by atoms with Crippen molar-refractivity contribution in [2.45, 2.75) is 39.4 Å². The number of carbonyl (C=O) groups is 1.